The van der Waals surface area contributed by atoms with Crippen LogP contribution in [0.2, 0.25) is 0 Å². The third-order valence-corrected chi connectivity index (χ3v) is 3.55. The Morgan fingerprint density at radius 3 is 1.89 bits per heavy atom. The second kappa shape index (κ2) is 14.7. The summed E-state index contributed by atoms with van der Waals surface area (Å²) in [4.78, 5) is 0. The summed E-state index contributed by atoms with van der Waals surface area (Å²) in [6.07, 6.45) is 16.4. The second-order valence-corrected chi connectivity index (χ2v) is 5.43. The molecule has 0 amide bonds. The molecule has 0 aliphatic rings. The molecule has 0 heterocycles. The lowest BCUT2D eigenvalue weighted by atomic mass is 10.0. The zero-order valence-electron chi connectivity index (χ0n) is 12.4. The number of halogens is 1. The summed E-state index contributed by atoms with van der Waals surface area (Å²) < 4.78 is 13.5. The van der Waals surface area contributed by atoms with Crippen LogP contribution < -0.4 is 0 Å². The second-order valence-electron chi connectivity index (χ2n) is 5.43. The molecule has 0 aromatic heterocycles. The number of rotatable bonds is 14. The van der Waals surface area contributed by atoms with E-state index in [2.05, 4.69) is 13.5 Å². The fourth-order valence-electron chi connectivity index (χ4n) is 2.30. The molecule has 1 atom stereocenters. The van der Waals surface area contributed by atoms with E-state index in [4.69, 9.17) is 0 Å². The molecule has 0 aliphatic heterocycles. The standard InChI is InChI=1S/C17H33F/c1-3-5-7-9-10-12-14-16-17(18)15-13-11-8-6-4-2/h4,17H,2-3,5-16H2,1H3/t17-/m0/s1. The molecule has 0 radical (unpaired) electrons. The van der Waals surface area contributed by atoms with Crippen molar-refractivity contribution in [2.45, 2.75) is 96.6 Å². The van der Waals surface area contributed by atoms with Crippen molar-refractivity contribution in [1.29, 1.82) is 0 Å². The Hall–Kier alpha value is -0.330. The Morgan fingerprint density at radius 1 is 0.833 bits per heavy atom. The van der Waals surface area contributed by atoms with Crippen LogP contribution in [0.4, 0.5) is 4.39 Å². The molecular weight excluding hydrogens is 223 g/mol. The van der Waals surface area contributed by atoms with E-state index in [0.717, 1.165) is 38.5 Å². The molecular formula is C17H33F. The predicted octanol–water partition coefficient (Wildman–Crippen LogP) is 6.60. The molecule has 0 N–H and O–H groups in total. The van der Waals surface area contributed by atoms with Crippen molar-refractivity contribution in [2.24, 2.45) is 0 Å². The molecule has 0 bridgehead atoms. The summed E-state index contributed by atoms with van der Waals surface area (Å²) in [5, 5.41) is 0. The van der Waals surface area contributed by atoms with Crippen molar-refractivity contribution >= 4 is 0 Å². The van der Waals surface area contributed by atoms with Gasteiger partial charge in [0.25, 0.3) is 0 Å². The van der Waals surface area contributed by atoms with Gasteiger partial charge in [0, 0.05) is 0 Å². The zero-order valence-corrected chi connectivity index (χ0v) is 12.4. The summed E-state index contributed by atoms with van der Waals surface area (Å²) in [7, 11) is 0. The highest BCUT2D eigenvalue weighted by atomic mass is 19.1. The number of allylic oxidation sites excluding steroid dienone is 1. The molecule has 108 valence electrons. The van der Waals surface area contributed by atoms with Gasteiger partial charge in [-0.2, -0.15) is 0 Å². The number of hydrogen-bond acceptors (Lipinski definition) is 0. The molecule has 0 unspecified atom stereocenters. The quantitative estimate of drug-likeness (QED) is 0.242. The minimum absolute atomic E-state index is 0.552. The van der Waals surface area contributed by atoms with Gasteiger partial charge in [0.15, 0.2) is 0 Å². The first-order valence-electron chi connectivity index (χ1n) is 8.06. The molecule has 0 aromatic rings. The third kappa shape index (κ3) is 13.7. The van der Waals surface area contributed by atoms with Gasteiger partial charge in [-0.3, -0.25) is 0 Å². The maximum Gasteiger partial charge on any atom is 0.100 e. The van der Waals surface area contributed by atoms with Gasteiger partial charge in [-0.05, 0) is 25.7 Å². The molecule has 0 rings (SSSR count). The molecule has 0 aromatic carbocycles. The third-order valence-electron chi connectivity index (χ3n) is 3.55. The number of alkyl halides is 1. The monoisotopic (exact) mass is 256 g/mol. The highest BCUT2D eigenvalue weighted by molar-refractivity contribution is 4.66. The molecule has 0 nitrogen and oxygen atoms in total. The van der Waals surface area contributed by atoms with Gasteiger partial charge >= 0.3 is 0 Å². The molecule has 0 saturated heterocycles. The molecule has 18 heavy (non-hydrogen) atoms. The molecule has 0 aliphatic carbocycles. The minimum atomic E-state index is -0.552. The van der Waals surface area contributed by atoms with E-state index < -0.39 is 6.17 Å². The molecule has 0 saturated carbocycles. The predicted molar refractivity (Wildman–Crippen MR) is 80.8 cm³/mol. The normalized spacial score (nSPS) is 12.6. The summed E-state index contributed by atoms with van der Waals surface area (Å²) in [5.74, 6) is 0. The first-order chi connectivity index (χ1) is 8.81. The lowest BCUT2D eigenvalue weighted by Crippen LogP contribution is -1.99. The minimum Gasteiger partial charge on any atom is -0.247 e. The van der Waals surface area contributed by atoms with Crippen molar-refractivity contribution in [3.05, 3.63) is 12.7 Å². The van der Waals surface area contributed by atoms with Gasteiger partial charge in [0.1, 0.15) is 6.17 Å². The molecule has 0 spiro atoms. The van der Waals surface area contributed by atoms with Crippen LogP contribution in [0.5, 0.6) is 0 Å². The van der Waals surface area contributed by atoms with Crippen LogP contribution >= 0.6 is 0 Å². The van der Waals surface area contributed by atoms with E-state index in [1.165, 1.54) is 44.9 Å². The fourth-order valence-corrected chi connectivity index (χ4v) is 2.30. The van der Waals surface area contributed by atoms with Crippen molar-refractivity contribution in [3.8, 4) is 0 Å². The van der Waals surface area contributed by atoms with Gasteiger partial charge in [-0.15, -0.1) is 6.58 Å². The van der Waals surface area contributed by atoms with Gasteiger partial charge in [-0.25, -0.2) is 4.39 Å². The van der Waals surface area contributed by atoms with Crippen LogP contribution in [0.25, 0.3) is 0 Å². The van der Waals surface area contributed by atoms with Crippen LogP contribution in [0.1, 0.15) is 90.4 Å². The van der Waals surface area contributed by atoms with Gasteiger partial charge in [0.05, 0.1) is 0 Å². The largest absolute Gasteiger partial charge is 0.247 e. The molecule has 0 fully saturated rings. The average molecular weight is 256 g/mol. The fraction of sp³-hybridized carbons (Fsp3) is 0.882. The Balaban J connectivity index is 3.11. The summed E-state index contributed by atoms with van der Waals surface area (Å²) in [6.45, 7) is 5.93. The van der Waals surface area contributed by atoms with Crippen molar-refractivity contribution in [3.63, 3.8) is 0 Å². The number of hydrogen-bond donors (Lipinski definition) is 0. The first-order valence-corrected chi connectivity index (χ1v) is 8.06. The smallest absolute Gasteiger partial charge is 0.100 e. The van der Waals surface area contributed by atoms with Gasteiger partial charge < -0.3 is 0 Å². The van der Waals surface area contributed by atoms with E-state index >= 15 is 0 Å². The highest BCUT2D eigenvalue weighted by Crippen LogP contribution is 2.15. The Bertz CT molecular complexity index is 165. The van der Waals surface area contributed by atoms with Crippen LogP contribution in [0.3, 0.4) is 0 Å². The van der Waals surface area contributed by atoms with E-state index in [1.807, 2.05) is 6.08 Å². The first kappa shape index (κ1) is 17.7. The Labute approximate surface area is 114 Å². The van der Waals surface area contributed by atoms with Gasteiger partial charge in [-0.1, -0.05) is 70.8 Å². The zero-order chi connectivity index (χ0) is 13.5. The van der Waals surface area contributed by atoms with E-state index in [1.54, 1.807) is 0 Å². The van der Waals surface area contributed by atoms with E-state index in [9.17, 15) is 4.39 Å². The molecule has 1 heteroatoms. The van der Waals surface area contributed by atoms with Crippen LogP contribution in [0.15, 0.2) is 12.7 Å². The lowest BCUT2D eigenvalue weighted by Gasteiger charge is -2.07. The number of unbranched alkanes of at least 4 members (excludes halogenated alkanes) is 9. The van der Waals surface area contributed by atoms with Crippen molar-refractivity contribution in [2.75, 3.05) is 0 Å². The van der Waals surface area contributed by atoms with E-state index in [-0.39, 0.29) is 0 Å². The van der Waals surface area contributed by atoms with Crippen LogP contribution in [-0.2, 0) is 0 Å². The Kier molecular flexibility index (Phi) is 14.5. The van der Waals surface area contributed by atoms with Crippen LogP contribution in [-0.4, -0.2) is 6.17 Å². The maximum atomic E-state index is 13.5. The van der Waals surface area contributed by atoms with Crippen molar-refractivity contribution < 1.29 is 4.39 Å². The Morgan fingerprint density at radius 2 is 1.33 bits per heavy atom. The van der Waals surface area contributed by atoms with Crippen molar-refractivity contribution in [1.82, 2.24) is 0 Å². The van der Waals surface area contributed by atoms with Crippen LogP contribution in [0, 0.1) is 0 Å². The SMILES string of the molecule is C=CCCCCC[C@H](F)CCCCCCCCC. The average Bonchev–Trinajstić information content (AvgIpc) is 2.37. The van der Waals surface area contributed by atoms with E-state index in [0.29, 0.717) is 0 Å². The van der Waals surface area contributed by atoms with Gasteiger partial charge in [0.2, 0.25) is 0 Å². The summed E-state index contributed by atoms with van der Waals surface area (Å²) >= 11 is 0. The summed E-state index contributed by atoms with van der Waals surface area (Å²) in [5.41, 5.74) is 0. The highest BCUT2D eigenvalue weighted by Gasteiger charge is 2.05. The summed E-state index contributed by atoms with van der Waals surface area (Å²) in [6, 6.07) is 0. The lowest BCUT2D eigenvalue weighted by molar-refractivity contribution is 0.279. The topological polar surface area (TPSA) is 0 Å². The maximum absolute atomic E-state index is 13.5.